The van der Waals surface area contributed by atoms with E-state index in [1.807, 2.05) is 6.92 Å². The summed E-state index contributed by atoms with van der Waals surface area (Å²) in [6, 6.07) is 6.40. The molecular formula is C13H18O5S. The summed E-state index contributed by atoms with van der Waals surface area (Å²) >= 11 is 0. The van der Waals surface area contributed by atoms with Gasteiger partial charge in [0.25, 0.3) is 10.1 Å². The fraction of sp³-hybridized carbons (Fsp3) is 0.462. The van der Waals surface area contributed by atoms with Crippen LogP contribution in [0.3, 0.4) is 0 Å². The Bertz CT molecular complexity index is 504. The summed E-state index contributed by atoms with van der Waals surface area (Å²) in [5.41, 5.74) is 0.973. The van der Waals surface area contributed by atoms with Crippen LogP contribution in [0.5, 0.6) is 0 Å². The molecule has 0 spiro atoms. The highest BCUT2D eigenvalue weighted by Crippen LogP contribution is 2.13. The fourth-order valence-electron chi connectivity index (χ4n) is 1.39. The summed E-state index contributed by atoms with van der Waals surface area (Å²) in [4.78, 5) is 11.2. The number of hydrogen-bond donors (Lipinski definition) is 0. The minimum absolute atomic E-state index is 0.0327. The van der Waals surface area contributed by atoms with Crippen molar-refractivity contribution in [2.75, 3.05) is 13.2 Å². The monoisotopic (exact) mass is 286 g/mol. The van der Waals surface area contributed by atoms with Crippen LogP contribution in [0.2, 0.25) is 0 Å². The van der Waals surface area contributed by atoms with E-state index in [9.17, 15) is 13.2 Å². The number of ether oxygens (including phenoxy) is 1. The molecule has 106 valence electrons. The zero-order chi connectivity index (χ0) is 14.3. The maximum absolute atomic E-state index is 11.8. The van der Waals surface area contributed by atoms with Gasteiger partial charge >= 0.3 is 5.97 Å². The SMILES string of the molecule is CCOC(=O)CCCOS(=O)(=O)c1ccc(C)cc1. The molecule has 0 aromatic heterocycles. The molecule has 0 N–H and O–H groups in total. The molecule has 0 atom stereocenters. The average Bonchev–Trinajstić information content (AvgIpc) is 2.36. The Morgan fingerprint density at radius 3 is 2.42 bits per heavy atom. The second-order valence-electron chi connectivity index (χ2n) is 4.00. The highest BCUT2D eigenvalue weighted by molar-refractivity contribution is 7.86. The molecule has 0 aliphatic rings. The summed E-state index contributed by atoms with van der Waals surface area (Å²) in [5.74, 6) is -0.348. The average molecular weight is 286 g/mol. The molecule has 0 heterocycles. The topological polar surface area (TPSA) is 69.7 Å². The van der Waals surface area contributed by atoms with Gasteiger partial charge in [0, 0.05) is 6.42 Å². The minimum Gasteiger partial charge on any atom is -0.466 e. The maximum Gasteiger partial charge on any atom is 0.305 e. The van der Waals surface area contributed by atoms with Crippen LogP contribution in [0.15, 0.2) is 29.2 Å². The first-order valence-electron chi connectivity index (χ1n) is 6.07. The smallest absolute Gasteiger partial charge is 0.305 e. The van der Waals surface area contributed by atoms with E-state index in [2.05, 4.69) is 0 Å². The Kier molecular flexibility index (Phi) is 5.98. The van der Waals surface area contributed by atoms with E-state index in [4.69, 9.17) is 8.92 Å². The van der Waals surface area contributed by atoms with Crippen molar-refractivity contribution in [1.82, 2.24) is 0 Å². The Morgan fingerprint density at radius 1 is 1.21 bits per heavy atom. The number of esters is 1. The molecule has 1 aromatic carbocycles. The third-order valence-electron chi connectivity index (χ3n) is 2.38. The van der Waals surface area contributed by atoms with Crippen LogP contribution >= 0.6 is 0 Å². The van der Waals surface area contributed by atoms with Crippen molar-refractivity contribution in [3.63, 3.8) is 0 Å². The number of carbonyl (C=O) groups excluding carboxylic acids is 1. The first-order chi connectivity index (χ1) is 8.95. The third kappa shape index (κ3) is 5.40. The quantitative estimate of drug-likeness (QED) is 0.436. The molecule has 6 heteroatoms. The van der Waals surface area contributed by atoms with Gasteiger partial charge in [-0.3, -0.25) is 8.98 Å². The molecule has 0 saturated carbocycles. The summed E-state index contributed by atoms with van der Waals surface area (Å²) in [7, 11) is -3.74. The third-order valence-corrected chi connectivity index (χ3v) is 3.71. The van der Waals surface area contributed by atoms with Crippen molar-refractivity contribution in [1.29, 1.82) is 0 Å². The normalized spacial score (nSPS) is 11.3. The van der Waals surface area contributed by atoms with Gasteiger partial charge < -0.3 is 4.74 Å². The highest BCUT2D eigenvalue weighted by Gasteiger charge is 2.14. The van der Waals surface area contributed by atoms with E-state index < -0.39 is 10.1 Å². The summed E-state index contributed by atoms with van der Waals surface area (Å²) in [5, 5.41) is 0. The molecule has 0 bridgehead atoms. The molecule has 19 heavy (non-hydrogen) atoms. The number of carbonyl (C=O) groups is 1. The van der Waals surface area contributed by atoms with Gasteiger partial charge in [0.1, 0.15) is 0 Å². The molecule has 0 aliphatic heterocycles. The lowest BCUT2D eigenvalue weighted by Crippen LogP contribution is -2.10. The Morgan fingerprint density at radius 2 is 1.84 bits per heavy atom. The molecule has 1 rings (SSSR count). The van der Waals surface area contributed by atoms with E-state index in [-0.39, 0.29) is 23.9 Å². The van der Waals surface area contributed by atoms with Crippen LogP contribution in [-0.4, -0.2) is 27.6 Å². The maximum atomic E-state index is 11.8. The van der Waals surface area contributed by atoms with E-state index in [1.165, 1.54) is 12.1 Å². The number of hydrogen-bond acceptors (Lipinski definition) is 5. The molecule has 5 nitrogen and oxygen atoms in total. The van der Waals surface area contributed by atoms with Crippen LogP contribution in [-0.2, 0) is 23.8 Å². The molecule has 1 aromatic rings. The first-order valence-corrected chi connectivity index (χ1v) is 7.48. The first kappa shape index (κ1) is 15.7. The van der Waals surface area contributed by atoms with Gasteiger partial charge in [-0.1, -0.05) is 17.7 Å². The molecule has 0 fully saturated rings. The van der Waals surface area contributed by atoms with E-state index >= 15 is 0 Å². The fourth-order valence-corrected chi connectivity index (χ4v) is 2.33. The van der Waals surface area contributed by atoms with Crippen molar-refractivity contribution in [2.45, 2.75) is 31.6 Å². The van der Waals surface area contributed by atoms with E-state index in [1.54, 1.807) is 19.1 Å². The van der Waals surface area contributed by atoms with Gasteiger partial charge in [-0.05, 0) is 32.4 Å². The number of rotatable bonds is 7. The zero-order valence-corrected chi connectivity index (χ0v) is 11.9. The van der Waals surface area contributed by atoms with Crippen LogP contribution < -0.4 is 0 Å². The minimum atomic E-state index is -3.74. The predicted molar refractivity (Wildman–Crippen MR) is 70.2 cm³/mol. The number of aryl methyl sites for hydroxylation is 1. The molecule has 0 unspecified atom stereocenters. The van der Waals surface area contributed by atoms with Crippen molar-refractivity contribution >= 4 is 16.1 Å². The Hall–Kier alpha value is -1.40. The van der Waals surface area contributed by atoms with Crippen LogP contribution in [0.25, 0.3) is 0 Å². The molecule has 0 saturated heterocycles. The highest BCUT2D eigenvalue weighted by atomic mass is 32.2. The zero-order valence-electron chi connectivity index (χ0n) is 11.1. The van der Waals surface area contributed by atoms with Gasteiger partial charge in [0.05, 0.1) is 18.1 Å². The van der Waals surface area contributed by atoms with Gasteiger partial charge in [-0.2, -0.15) is 8.42 Å². The van der Waals surface area contributed by atoms with Crippen molar-refractivity contribution in [2.24, 2.45) is 0 Å². The molecule has 0 radical (unpaired) electrons. The second-order valence-corrected chi connectivity index (χ2v) is 5.61. The van der Waals surface area contributed by atoms with Crippen LogP contribution in [0.4, 0.5) is 0 Å². The Balaban J connectivity index is 2.43. The second kappa shape index (κ2) is 7.25. The lowest BCUT2D eigenvalue weighted by atomic mass is 10.2. The molecule has 0 amide bonds. The van der Waals surface area contributed by atoms with E-state index in [0.29, 0.717) is 13.0 Å². The molecular weight excluding hydrogens is 268 g/mol. The summed E-state index contributed by atoms with van der Waals surface area (Å²) in [6.07, 6.45) is 0.460. The number of benzene rings is 1. The van der Waals surface area contributed by atoms with Gasteiger partial charge in [-0.25, -0.2) is 0 Å². The Labute approximate surface area is 113 Å². The van der Waals surface area contributed by atoms with Crippen LogP contribution in [0, 0.1) is 6.92 Å². The lowest BCUT2D eigenvalue weighted by Gasteiger charge is -2.06. The standard InChI is InChI=1S/C13H18O5S/c1-3-17-13(14)5-4-10-18-19(15,16)12-8-6-11(2)7-9-12/h6-9H,3-5,10H2,1-2H3. The molecule has 0 aliphatic carbocycles. The van der Waals surface area contributed by atoms with Gasteiger partial charge in [0.15, 0.2) is 0 Å². The van der Waals surface area contributed by atoms with Crippen molar-refractivity contribution in [3.05, 3.63) is 29.8 Å². The summed E-state index contributed by atoms with van der Waals surface area (Å²) < 4.78 is 33.1. The predicted octanol–water partition coefficient (Wildman–Crippen LogP) is 2.04. The van der Waals surface area contributed by atoms with Gasteiger partial charge in [-0.15, -0.1) is 0 Å². The van der Waals surface area contributed by atoms with Gasteiger partial charge in [0.2, 0.25) is 0 Å². The van der Waals surface area contributed by atoms with Crippen molar-refractivity contribution < 1.29 is 22.1 Å². The van der Waals surface area contributed by atoms with Crippen molar-refractivity contribution in [3.8, 4) is 0 Å². The largest absolute Gasteiger partial charge is 0.466 e. The van der Waals surface area contributed by atoms with Crippen LogP contribution in [0.1, 0.15) is 25.3 Å². The van der Waals surface area contributed by atoms with E-state index in [0.717, 1.165) is 5.56 Å². The lowest BCUT2D eigenvalue weighted by molar-refractivity contribution is -0.143. The summed E-state index contributed by atoms with van der Waals surface area (Å²) in [6.45, 7) is 3.88.